The third kappa shape index (κ3) is 4.28. The van der Waals surface area contributed by atoms with Crippen molar-refractivity contribution in [1.29, 1.82) is 0 Å². The zero-order valence-corrected chi connectivity index (χ0v) is 17.5. The molecule has 1 saturated heterocycles. The Bertz CT molecular complexity index is 899. The molecule has 8 nitrogen and oxygen atoms in total. The second-order valence-electron chi connectivity index (χ2n) is 7.39. The molecule has 0 aliphatic carbocycles. The lowest BCUT2D eigenvalue weighted by molar-refractivity contribution is 0.122. The van der Waals surface area contributed by atoms with Crippen molar-refractivity contribution >= 4 is 11.8 Å². The largest absolute Gasteiger partial charge is 0.493 e. The summed E-state index contributed by atoms with van der Waals surface area (Å²) in [7, 11) is 3.26. The van der Waals surface area contributed by atoms with E-state index in [2.05, 4.69) is 15.2 Å². The average Bonchev–Trinajstić information content (AvgIpc) is 2.81. The number of urea groups is 1. The molecule has 30 heavy (non-hydrogen) atoms. The van der Waals surface area contributed by atoms with E-state index >= 15 is 0 Å². The summed E-state index contributed by atoms with van der Waals surface area (Å²) in [6.07, 6.45) is 2.58. The number of anilines is 1. The topological polar surface area (TPSA) is 76.2 Å². The van der Waals surface area contributed by atoms with Gasteiger partial charge >= 0.3 is 6.03 Å². The lowest BCUT2D eigenvalue weighted by atomic mass is 9.99. The number of hydrogen-bond donors (Lipinski definition) is 1. The van der Waals surface area contributed by atoms with Gasteiger partial charge in [-0.05, 0) is 35.7 Å². The summed E-state index contributed by atoms with van der Waals surface area (Å²) in [6.45, 7) is 4.67. The van der Waals surface area contributed by atoms with Gasteiger partial charge in [0.2, 0.25) is 0 Å². The van der Waals surface area contributed by atoms with Gasteiger partial charge in [0, 0.05) is 44.5 Å². The normalized spacial score (nSPS) is 16.1. The Hall–Kier alpha value is -3.00. The Kier molecular flexibility index (Phi) is 6.23. The maximum absolute atomic E-state index is 12.9. The van der Waals surface area contributed by atoms with Gasteiger partial charge in [0.1, 0.15) is 5.82 Å². The SMILES string of the molecule is COc1cc2c(cc1OC)CN(C(=O)NCc1cccnc1N1CCOCC1)CC2. The Morgan fingerprint density at radius 1 is 1.13 bits per heavy atom. The Morgan fingerprint density at radius 2 is 1.87 bits per heavy atom. The van der Waals surface area contributed by atoms with Crippen molar-refractivity contribution in [3.05, 3.63) is 47.2 Å². The van der Waals surface area contributed by atoms with Crippen molar-refractivity contribution in [2.24, 2.45) is 0 Å². The lowest BCUT2D eigenvalue weighted by Crippen LogP contribution is -2.43. The molecule has 3 heterocycles. The van der Waals surface area contributed by atoms with Crippen LogP contribution in [0.4, 0.5) is 10.6 Å². The summed E-state index contributed by atoms with van der Waals surface area (Å²) in [5.74, 6) is 2.33. The Labute approximate surface area is 176 Å². The van der Waals surface area contributed by atoms with Crippen molar-refractivity contribution in [2.75, 3.05) is 52.0 Å². The number of nitrogens with zero attached hydrogens (tertiary/aromatic N) is 3. The summed E-state index contributed by atoms with van der Waals surface area (Å²) in [5, 5.41) is 3.06. The predicted octanol–water partition coefficient (Wildman–Crippen LogP) is 2.20. The molecule has 1 fully saturated rings. The molecular formula is C22H28N4O4. The number of ether oxygens (including phenoxy) is 3. The number of nitrogens with one attached hydrogen (secondary N) is 1. The molecule has 0 atom stereocenters. The molecule has 160 valence electrons. The van der Waals surface area contributed by atoms with Crippen molar-refractivity contribution in [1.82, 2.24) is 15.2 Å². The first-order valence-electron chi connectivity index (χ1n) is 10.2. The first-order valence-corrected chi connectivity index (χ1v) is 10.2. The molecule has 2 amide bonds. The van der Waals surface area contributed by atoms with Gasteiger partial charge in [0.25, 0.3) is 0 Å². The first-order chi connectivity index (χ1) is 14.7. The van der Waals surface area contributed by atoms with Crippen LogP contribution in [-0.4, -0.2) is 63.0 Å². The van der Waals surface area contributed by atoms with Gasteiger partial charge in [-0.25, -0.2) is 9.78 Å². The Morgan fingerprint density at radius 3 is 2.60 bits per heavy atom. The second-order valence-corrected chi connectivity index (χ2v) is 7.39. The van der Waals surface area contributed by atoms with Gasteiger partial charge in [-0.3, -0.25) is 0 Å². The number of morpholine rings is 1. The number of fused-ring (bicyclic) bond motifs is 1. The fourth-order valence-electron chi connectivity index (χ4n) is 3.97. The van der Waals surface area contributed by atoms with Gasteiger partial charge in [0.15, 0.2) is 11.5 Å². The van der Waals surface area contributed by atoms with E-state index in [0.29, 0.717) is 38.6 Å². The van der Waals surface area contributed by atoms with E-state index in [4.69, 9.17) is 14.2 Å². The molecule has 0 unspecified atom stereocenters. The highest BCUT2D eigenvalue weighted by Gasteiger charge is 2.23. The van der Waals surface area contributed by atoms with Crippen LogP contribution in [0.15, 0.2) is 30.5 Å². The zero-order valence-electron chi connectivity index (χ0n) is 17.5. The number of carbonyl (C=O) groups is 1. The molecule has 0 spiro atoms. The molecule has 0 radical (unpaired) electrons. The highest BCUT2D eigenvalue weighted by Crippen LogP contribution is 2.33. The van der Waals surface area contributed by atoms with Gasteiger partial charge < -0.3 is 29.3 Å². The van der Waals surface area contributed by atoms with E-state index in [0.717, 1.165) is 42.2 Å². The minimum Gasteiger partial charge on any atom is -0.493 e. The molecule has 2 aliphatic heterocycles. The number of benzene rings is 1. The number of pyridine rings is 1. The maximum atomic E-state index is 12.9. The monoisotopic (exact) mass is 412 g/mol. The summed E-state index contributed by atoms with van der Waals surface area (Å²) in [6, 6.07) is 7.81. The van der Waals surface area contributed by atoms with E-state index in [1.54, 1.807) is 20.4 Å². The van der Waals surface area contributed by atoms with Gasteiger partial charge in [-0.2, -0.15) is 0 Å². The van der Waals surface area contributed by atoms with E-state index < -0.39 is 0 Å². The molecule has 0 saturated carbocycles. The molecule has 1 aromatic carbocycles. The van der Waals surface area contributed by atoms with Gasteiger partial charge in [-0.15, -0.1) is 0 Å². The van der Waals surface area contributed by atoms with E-state index in [1.807, 2.05) is 29.2 Å². The molecule has 1 aromatic heterocycles. The van der Waals surface area contributed by atoms with Gasteiger partial charge in [0.05, 0.1) is 27.4 Å². The zero-order chi connectivity index (χ0) is 20.9. The van der Waals surface area contributed by atoms with Crippen molar-refractivity contribution in [3.63, 3.8) is 0 Å². The molecule has 2 aromatic rings. The number of methoxy groups -OCH3 is 2. The highest BCUT2D eigenvalue weighted by atomic mass is 16.5. The van der Waals surface area contributed by atoms with Crippen LogP contribution in [0, 0.1) is 0 Å². The average molecular weight is 412 g/mol. The number of hydrogen-bond acceptors (Lipinski definition) is 6. The van der Waals surface area contributed by atoms with Crippen LogP contribution in [0.3, 0.4) is 0 Å². The Balaban J connectivity index is 1.41. The molecule has 2 aliphatic rings. The minimum absolute atomic E-state index is 0.0767. The van der Waals surface area contributed by atoms with Crippen LogP contribution in [0.25, 0.3) is 0 Å². The van der Waals surface area contributed by atoms with Crippen molar-refractivity contribution in [2.45, 2.75) is 19.5 Å². The molecule has 4 rings (SSSR count). The lowest BCUT2D eigenvalue weighted by Gasteiger charge is -2.31. The predicted molar refractivity (Wildman–Crippen MR) is 113 cm³/mol. The summed E-state index contributed by atoms with van der Waals surface area (Å²) >= 11 is 0. The van der Waals surface area contributed by atoms with E-state index in [-0.39, 0.29) is 6.03 Å². The third-order valence-corrected chi connectivity index (χ3v) is 5.61. The smallest absolute Gasteiger partial charge is 0.317 e. The van der Waals surface area contributed by atoms with Crippen LogP contribution in [-0.2, 0) is 24.2 Å². The molecule has 0 bridgehead atoms. The summed E-state index contributed by atoms with van der Waals surface area (Å²) < 4.78 is 16.2. The minimum atomic E-state index is -0.0767. The van der Waals surface area contributed by atoms with Crippen LogP contribution >= 0.6 is 0 Å². The van der Waals surface area contributed by atoms with Crippen molar-refractivity contribution < 1.29 is 19.0 Å². The number of amides is 2. The fraction of sp³-hybridized carbons (Fsp3) is 0.455. The standard InChI is InChI=1S/C22H28N4O4/c1-28-19-12-16-5-7-26(15-18(16)13-20(19)29-2)22(27)24-14-17-4-3-6-23-21(17)25-8-10-30-11-9-25/h3-4,6,12-13H,5,7-11,14-15H2,1-2H3,(H,24,27). The summed E-state index contributed by atoms with van der Waals surface area (Å²) in [5.41, 5.74) is 3.29. The number of carbonyl (C=O) groups excluding carboxylic acids is 1. The quantitative estimate of drug-likeness (QED) is 0.812. The maximum Gasteiger partial charge on any atom is 0.317 e. The molecule has 8 heteroatoms. The highest BCUT2D eigenvalue weighted by molar-refractivity contribution is 5.75. The fourth-order valence-corrected chi connectivity index (χ4v) is 3.97. The van der Waals surface area contributed by atoms with Crippen LogP contribution < -0.4 is 19.7 Å². The van der Waals surface area contributed by atoms with Gasteiger partial charge in [-0.1, -0.05) is 6.07 Å². The molecule has 1 N–H and O–H groups in total. The van der Waals surface area contributed by atoms with Crippen LogP contribution in [0.5, 0.6) is 11.5 Å². The third-order valence-electron chi connectivity index (χ3n) is 5.61. The van der Waals surface area contributed by atoms with Crippen LogP contribution in [0.1, 0.15) is 16.7 Å². The van der Waals surface area contributed by atoms with E-state index in [9.17, 15) is 4.79 Å². The number of rotatable bonds is 5. The summed E-state index contributed by atoms with van der Waals surface area (Å²) in [4.78, 5) is 21.4. The first kappa shape index (κ1) is 20.3. The van der Waals surface area contributed by atoms with Crippen molar-refractivity contribution in [3.8, 4) is 11.5 Å². The molecular weight excluding hydrogens is 384 g/mol. The number of aromatic nitrogens is 1. The second kappa shape index (κ2) is 9.21. The van der Waals surface area contributed by atoms with Crippen LogP contribution in [0.2, 0.25) is 0 Å². The van der Waals surface area contributed by atoms with E-state index in [1.165, 1.54) is 5.56 Å².